The van der Waals surface area contributed by atoms with Crippen LogP contribution in [-0.4, -0.2) is 40.3 Å². The molecule has 4 nitrogen and oxygen atoms in total. The molecule has 1 aromatic rings. The van der Waals surface area contributed by atoms with Crippen molar-refractivity contribution in [2.45, 2.75) is 51.7 Å². The third-order valence-corrected chi connectivity index (χ3v) is 4.04. The number of rotatable bonds is 5. The highest BCUT2D eigenvalue weighted by Gasteiger charge is 2.19. The van der Waals surface area contributed by atoms with Crippen molar-refractivity contribution in [2.24, 2.45) is 0 Å². The zero-order valence-electron chi connectivity index (χ0n) is 12.5. The standard InChI is InChI=1S/C16H26N2O2/c1-12(2)18(11-14-5-3-4-8-17-14)10-13-6-7-15(19)9-16(13)20/h6-7,9,12,14,17,19-20H,3-5,8,10-11H2,1-2H3. The first-order valence-electron chi connectivity index (χ1n) is 7.54. The highest BCUT2D eigenvalue weighted by Crippen LogP contribution is 2.24. The monoisotopic (exact) mass is 278 g/mol. The molecule has 1 saturated heterocycles. The Balaban J connectivity index is 2.01. The Bertz CT molecular complexity index is 428. The van der Waals surface area contributed by atoms with Gasteiger partial charge >= 0.3 is 0 Å². The summed E-state index contributed by atoms with van der Waals surface area (Å²) in [5.74, 6) is 0.281. The highest BCUT2D eigenvalue weighted by atomic mass is 16.3. The van der Waals surface area contributed by atoms with Crippen molar-refractivity contribution in [1.29, 1.82) is 0 Å². The minimum absolute atomic E-state index is 0.108. The molecule has 1 aliphatic heterocycles. The first-order chi connectivity index (χ1) is 9.56. The van der Waals surface area contributed by atoms with Gasteiger partial charge in [-0.1, -0.05) is 12.5 Å². The van der Waals surface area contributed by atoms with Gasteiger partial charge in [-0.3, -0.25) is 4.90 Å². The van der Waals surface area contributed by atoms with Gasteiger partial charge in [-0.25, -0.2) is 0 Å². The van der Waals surface area contributed by atoms with Gasteiger partial charge in [0, 0.05) is 36.8 Å². The Labute approximate surface area is 121 Å². The van der Waals surface area contributed by atoms with Crippen LogP contribution >= 0.6 is 0 Å². The average molecular weight is 278 g/mol. The second kappa shape index (κ2) is 6.95. The molecule has 0 spiro atoms. The number of hydrogen-bond acceptors (Lipinski definition) is 4. The smallest absolute Gasteiger partial charge is 0.123 e. The van der Waals surface area contributed by atoms with Crippen LogP contribution in [0.5, 0.6) is 11.5 Å². The molecule has 4 heteroatoms. The maximum absolute atomic E-state index is 9.93. The van der Waals surface area contributed by atoms with E-state index in [-0.39, 0.29) is 11.5 Å². The van der Waals surface area contributed by atoms with Crippen molar-refractivity contribution >= 4 is 0 Å². The number of nitrogens with zero attached hydrogens (tertiary/aromatic N) is 1. The summed E-state index contributed by atoms with van der Waals surface area (Å²) in [6.45, 7) is 7.18. The Morgan fingerprint density at radius 1 is 1.30 bits per heavy atom. The first kappa shape index (κ1) is 15.1. The lowest BCUT2D eigenvalue weighted by molar-refractivity contribution is 0.175. The fourth-order valence-electron chi connectivity index (χ4n) is 2.73. The fourth-order valence-corrected chi connectivity index (χ4v) is 2.73. The highest BCUT2D eigenvalue weighted by molar-refractivity contribution is 5.38. The molecule has 1 aromatic carbocycles. The molecule has 0 saturated carbocycles. The summed E-state index contributed by atoms with van der Waals surface area (Å²) in [7, 11) is 0. The summed E-state index contributed by atoms with van der Waals surface area (Å²) in [4.78, 5) is 2.37. The second-order valence-corrected chi connectivity index (χ2v) is 5.98. The molecule has 20 heavy (non-hydrogen) atoms. The van der Waals surface area contributed by atoms with E-state index in [0.29, 0.717) is 18.6 Å². The zero-order valence-corrected chi connectivity index (χ0v) is 12.5. The van der Waals surface area contributed by atoms with E-state index in [0.717, 1.165) is 18.7 Å². The molecule has 1 heterocycles. The van der Waals surface area contributed by atoms with Crippen molar-refractivity contribution < 1.29 is 10.2 Å². The van der Waals surface area contributed by atoms with E-state index >= 15 is 0 Å². The largest absolute Gasteiger partial charge is 0.508 e. The van der Waals surface area contributed by atoms with Gasteiger partial charge in [0.05, 0.1) is 0 Å². The minimum atomic E-state index is 0.108. The molecule has 1 aliphatic rings. The summed E-state index contributed by atoms with van der Waals surface area (Å²) in [5.41, 5.74) is 0.868. The normalized spacial score (nSPS) is 19.7. The van der Waals surface area contributed by atoms with E-state index in [4.69, 9.17) is 0 Å². The number of phenols is 2. The first-order valence-corrected chi connectivity index (χ1v) is 7.54. The van der Waals surface area contributed by atoms with Crippen molar-refractivity contribution in [1.82, 2.24) is 10.2 Å². The number of benzene rings is 1. The predicted molar refractivity (Wildman–Crippen MR) is 81.0 cm³/mol. The van der Waals surface area contributed by atoms with E-state index in [9.17, 15) is 10.2 Å². The molecule has 1 fully saturated rings. The lowest BCUT2D eigenvalue weighted by Gasteiger charge is -2.33. The molecule has 1 unspecified atom stereocenters. The third kappa shape index (κ3) is 4.12. The molecular weight excluding hydrogens is 252 g/mol. The Kier molecular flexibility index (Phi) is 5.26. The Morgan fingerprint density at radius 3 is 2.70 bits per heavy atom. The SMILES string of the molecule is CC(C)N(Cc1ccc(O)cc1O)CC1CCCCN1. The van der Waals surface area contributed by atoms with E-state index in [2.05, 4.69) is 24.1 Å². The van der Waals surface area contributed by atoms with E-state index in [1.165, 1.54) is 25.3 Å². The zero-order chi connectivity index (χ0) is 14.5. The second-order valence-electron chi connectivity index (χ2n) is 5.98. The summed E-state index contributed by atoms with van der Waals surface area (Å²) < 4.78 is 0. The van der Waals surface area contributed by atoms with Gasteiger partial charge in [-0.15, -0.1) is 0 Å². The van der Waals surface area contributed by atoms with Crippen molar-refractivity contribution in [3.8, 4) is 11.5 Å². The molecule has 0 amide bonds. The average Bonchev–Trinajstić information content (AvgIpc) is 2.42. The molecule has 0 aromatic heterocycles. The van der Waals surface area contributed by atoms with Crippen LogP contribution in [-0.2, 0) is 6.54 Å². The summed E-state index contributed by atoms with van der Waals surface area (Å²) in [6, 6.07) is 5.81. The third-order valence-electron chi connectivity index (χ3n) is 4.04. The van der Waals surface area contributed by atoms with Gasteiger partial charge in [-0.05, 0) is 39.3 Å². The topological polar surface area (TPSA) is 55.7 Å². The number of aromatic hydroxyl groups is 2. The molecular formula is C16H26N2O2. The maximum atomic E-state index is 9.93. The van der Waals surface area contributed by atoms with Crippen molar-refractivity contribution in [3.63, 3.8) is 0 Å². The predicted octanol–water partition coefficient (Wildman–Crippen LogP) is 2.45. The van der Waals surface area contributed by atoms with Crippen LogP contribution in [0.3, 0.4) is 0 Å². The molecule has 0 aliphatic carbocycles. The van der Waals surface area contributed by atoms with Gasteiger partial charge in [0.25, 0.3) is 0 Å². The van der Waals surface area contributed by atoms with E-state index in [1.807, 2.05) is 0 Å². The summed E-state index contributed by atoms with van der Waals surface area (Å²) in [5, 5.41) is 22.9. The van der Waals surface area contributed by atoms with Crippen LogP contribution in [0.25, 0.3) is 0 Å². The molecule has 2 rings (SSSR count). The van der Waals surface area contributed by atoms with Crippen LogP contribution in [0.1, 0.15) is 38.7 Å². The molecule has 0 radical (unpaired) electrons. The van der Waals surface area contributed by atoms with E-state index < -0.39 is 0 Å². The molecule has 1 atom stereocenters. The molecule has 0 bridgehead atoms. The van der Waals surface area contributed by atoms with Gasteiger partial charge in [0.15, 0.2) is 0 Å². The van der Waals surface area contributed by atoms with E-state index in [1.54, 1.807) is 12.1 Å². The lowest BCUT2D eigenvalue weighted by Crippen LogP contribution is -2.45. The Morgan fingerprint density at radius 2 is 2.10 bits per heavy atom. The van der Waals surface area contributed by atoms with Crippen LogP contribution in [0.2, 0.25) is 0 Å². The molecule has 3 N–H and O–H groups in total. The molecule has 112 valence electrons. The van der Waals surface area contributed by atoms with Gasteiger partial charge in [0.1, 0.15) is 11.5 Å². The fraction of sp³-hybridized carbons (Fsp3) is 0.625. The lowest BCUT2D eigenvalue weighted by atomic mass is 10.0. The van der Waals surface area contributed by atoms with Crippen molar-refractivity contribution in [3.05, 3.63) is 23.8 Å². The van der Waals surface area contributed by atoms with Gasteiger partial charge in [-0.2, -0.15) is 0 Å². The van der Waals surface area contributed by atoms with Crippen LogP contribution in [0, 0.1) is 0 Å². The summed E-state index contributed by atoms with van der Waals surface area (Å²) in [6.07, 6.45) is 3.80. The minimum Gasteiger partial charge on any atom is -0.508 e. The van der Waals surface area contributed by atoms with Crippen LogP contribution < -0.4 is 5.32 Å². The van der Waals surface area contributed by atoms with Crippen LogP contribution in [0.15, 0.2) is 18.2 Å². The van der Waals surface area contributed by atoms with Crippen LogP contribution in [0.4, 0.5) is 0 Å². The Hall–Kier alpha value is -1.26. The quantitative estimate of drug-likeness (QED) is 0.774. The van der Waals surface area contributed by atoms with Gasteiger partial charge in [0.2, 0.25) is 0 Å². The number of phenolic OH excluding ortho intramolecular Hbond substituents is 2. The number of piperidine rings is 1. The number of hydrogen-bond donors (Lipinski definition) is 3. The van der Waals surface area contributed by atoms with Crippen molar-refractivity contribution in [2.75, 3.05) is 13.1 Å². The maximum Gasteiger partial charge on any atom is 0.123 e. The van der Waals surface area contributed by atoms with Gasteiger partial charge < -0.3 is 15.5 Å². The number of nitrogens with one attached hydrogen (secondary N) is 1. The summed E-state index contributed by atoms with van der Waals surface area (Å²) >= 11 is 0.